The largest absolute Gasteiger partial charge is 0.493 e. The van der Waals surface area contributed by atoms with Crippen LogP contribution in [0.4, 0.5) is 0 Å². The summed E-state index contributed by atoms with van der Waals surface area (Å²) in [5, 5.41) is 0. The first-order valence-electron chi connectivity index (χ1n) is 9.49. The van der Waals surface area contributed by atoms with Gasteiger partial charge in [-0.3, -0.25) is 9.20 Å². The summed E-state index contributed by atoms with van der Waals surface area (Å²) in [4.78, 5) is 29.1. The molecule has 0 aliphatic carbocycles. The molecule has 152 valence electrons. The minimum absolute atomic E-state index is 0.102. The molecule has 7 heteroatoms. The van der Waals surface area contributed by atoms with Crippen LogP contribution in [0, 0.1) is 6.92 Å². The first-order valence-corrected chi connectivity index (χ1v) is 9.49. The van der Waals surface area contributed by atoms with Gasteiger partial charge in [0.25, 0.3) is 5.56 Å². The monoisotopic (exact) mass is 396 g/mol. The summed E-state index contributed by atoms with van der Waals surface area (Å²) in [7, 11) is 1.52. The fourth-order valence-corrected chi connectivity index (χ4v) is 2.90. The van der Waals surface area contributed by atoms with E-state index in [4.69, 9.17) is 14.2 Å². The van der Waals surface area contributed by atoms with E-state index in [-0.39, 0.29) is 12.2 Å². The maximum atomic E-state index is 12.4. The number of pyridine rings is 1. The van der Waals surface area contributed by atoms with E-state index in [0.29, 0.717) is 35.0 Å². The average Bonchev–Trinajstić information content (AvgIpc) is 2.72. The average molecular weight is 396 g/mol. The van der Waals surface area contributed by atoms with Crippen LogP contribution >= 0.6 is 0 Å². The lowest BCUT2D eigenvalue weighted by molar-refractivity contribution is 0.0467. The van der Waals surface area contributed by atoms with E-state index in [1.807, 2.05) is 19.1 Å². The molecule has 7 nitrogen and oxygen atoms in total. The molecule has 0 saturated heterocycles. The highest BCUT2D eigenvalue weighted by Crippen LogP contribution is 2.28. The molecule has 3 rings (SSSR count). The lowest BCUT2D eigenvalue weighted by Gasteiger charge is -2.12. The van der Waals surface area contributed by atoms with Crippen molar-refractivity contribution in [2.75, 3.05) is 13.7 Å². The van der Waals surface area contributed by atoms with E-state index in [1.54, 1.807) is 24.3 Å². The number of hydrogen-bond donors (Lipinski definition) is 0. The van der Waals surface area contributed by atoms with Crippen molar-refractivity contribution >= 4 is 11.6 Å². The molecule has 29 heavy (non-hydrogen) atoms. The normalized spacial score (nSPS) is 10.7. The standard InChI is InChI=1S/C22H24N2O5/c1-4-5-11-28-18-10-9-16(12-19(18)27-3)22(26)29-14-17-13-21(25)24-15(2)7-6-8-20(24)23-17/h6-10,12-13H,4-5,11,14H2,1-3H3. The highest BCUT2D eigenvalue weighted by atomic mass is 16.5. The van der Waals surface area contributed by atoms with Crippen LogP contribution in [0.5, 0.6) is 11.5 Å². The molecule has 0 atom stereocenters. The van der Waals surface area contributed by atoms with Crippen LogP contribution in [-0.4, -0.2) is 29.1 Å². The zero-order chi connectivity index (χ0) is 20.8. The fraction of sp³-hybridized carbons (Fsp3) is 0.318. The molecular weight excluding hydrogens is 372 g/mol. The Morgan fingerprint density at radius 2 is 1.97 bits per heavy atom. The number of ether oxygens (including phenoxy) is 3. The Morgan fingerprint density at radius 3 is 2.72 bits per heavy atom. The second-order valence-electron chi connectivity index (χ2n) is 6.59. The van der Waals surface area contributed by atoms with Crippen LogP contribution in [0.3, 0.4) is 0 Å². The Kier molecular flexibility index (Phi) is 6.49. The van der Waals surface area contributed by atoms with Crippen molar-refractivity contribution in [2.45, 2.75) is 33.3 Å². The second-order valence-corrected chi connectivity index (χ2v) is 6.59. The zero-order valence-electron chi connectivity index (χ0n) is 16.8. The summed E-state index contributed by atoms with van der Waals surface area (Å²) in [6.45, 7) is 4.40. The van der Waals surface area contributed by atoms with Gasteiger partial charge in [0.05, 0.1) is 25.0 Å². The van der Waals surface area contributed by atoms with Gasteiger partial charge in [0.2, 0.25) is 0 Å². The lowest BCUT2D eigenvalue weighted by Crippen LogP contribution is -2.18. The first-order chi connectivity index (χ1) is 14.0. The molecule has 0 fully saturated rings. The summed E-state index contributed by atoms with van der Waals surface area (Å²) in [5.41, 5.74) is 1.81. The van der Waals surface area contributed by atoms with Crippen molar-refractivity contribution in [2.24, 2.45) is 0 Å². The van der Waals surface area contributed by atoms with Crippen molar-refractivity contribution in [1.29, 1.82) is 0 Å². The third-order valence-corrected chi connectivity index (χ3v) is 4.44. The molecule has 0 unspecified atom stereocenters. The van der Waals surface area contributed by atoms with Crippen LogP contribution in [0.1, 0.15) is 41.5 Å². The minimum atomic E-state index is -0.533. The lowest BCUT2D eigenvalue weighted by atomic mass is 10.2. The third kappa shape index (κ3) is 4.74. The van der Waals surface area contributed by atoms with Gasteiger partial charge in [-0.1, -0.05) is 19.4 Å². The zero-order valence-corrected chi connectivity index (χ0v) is 16.8. The molecule has 0 aliphatic rings. The minimum Gasteiger partial charge on any atom is -0.493 e. The van der Waals surface area contributed by atoms with Gasteiger partial charge in [-0.25, -0.2) is 9.78 Å². The number of esters is 1. The van der Waals surface area contributed by atoms with Crippen LogP contribution in [-0.2, 0) is 11.3 Å². The number of benzene rings is 1. The predicted molar refractivity (Wildman–Crippen MR) is 109 cm³/mol. The molecule has 0 radical (unpaired) electrons. The van der Waals surface area contributed by atoms with Crippen molar-refractivity contribution < 1.29 is 19.0 Å². The van der Waals surface area contributed by atoms with Crippen LogP contribution in [0.25, 0.3) is 5.65 Å². The van der Waals surface area contributed by atoms with Gasteiger partial charge in [-0.2, -0.15) is 0 Å². The smallest absolute Gasteiger partial charge is 0.338 e. The van der Waals surface area contributed by atoms with Crippen molar-refractivity contribution in [3.8, 4) is 11.5 Å². The van der Waals surface area contributed by atoms with Crippen LogP contribution < -0.4 is 15.0 Å². The third-order valence-electron chi connectivity index (χ3n) is 4.44. The number of carbonyl (C=O) groups excluding carboxylic acids is 1. The van der Waals surface area contributed by atoms with Gasteiger partial charge >= 0.3 is 5.97 Å². The van der Waals surface area contributed by atoms with E-state index >= 15 is 0 Å². The maximum absolute atomic E-state index is 12.4. The number of nitrogens with zero attached hydrogens (tertiary/aromatic N) is 2. The van der Waals surface area contributed by atoms with E-state index in [0.717, 1.165) is 18.5 Å². The number of rotatable bonds is 8. The predicted octanol–water partition coefficient (Wildman–Crippen LogP) is 3.55. The molecule has 2 heterocycles. The molecule has 0 spiro atoms. The van der Waals surface area contributed by atoms with Gasteiger partial charge < -0.3 is 14.2 Å². The van der Waals surface area contributed by atoms with Gasteiger partial charge in [-0.15, -0.1) is 0 Å². The molecule has 0 bridgehead atoms. The summed E-state index contributed by atoms with van der Waals surface area (Å²) in [6, 6.07) is 11.7. The fourth-order valence-electron chi connectivity index (χ4n) is 2.90. The molecule has 0 amide bonds. The molecule has 2 aromatic heterocycles. The molecule has 0 N–H and O–H groups in total. The Morgan fingerprint density at radius 1 is 1.14 bits per heavy atom. The van der Waals surface area contributed by atoms with E-state index < -0.39 is 5.97 Å². The molecule has 0 aliphatic heterocycles. The van der Waals surface area contributed by atoms with Gasteiger partial charge in [-0.05, 0) is 43.7 Å². The SMILES string of the molecule is CCCCOc1ccc(C(=O)OCc2cc(=O)n3c(C)cccc3n2)cc1OC. The van der Waals surface area contributed by atoms with Gasteiger partial charge in [0.15, 0.2) is 11.5 Å². The van der Waals surface area contributed by atoms with Crippen LogP contribution in [0.2, 0.25) is 0 Å². The molecule has 3 aromatic rings. The van der Waals surface area contributed by atoms with E-state index in [2.05, 4.69) is 11.9 Å². The first kappa shape index (κ1) is 20.4. The summed E-state index contributed by atoms with van der Waals surface area (Å²) < 4.78 is 17.8. The Balaban J connectivity index is 1.72. The van der Waals surface area contributed by atoms with E-state index in [1.165, 1.54) is 17.6 Å². The number of hydrogen-bond acceptors (Lipinski definition) is 6. The Labute approximate surface area is 168 Å². The second kappa shape index (κ2) is 9.23. The summed E-state index contributed by atoms with van der Waals surface area (Å²) in [5.74, 6) is 0.514. The Hall–Kier alpha value is -3.35. The highest BCUT2D eigenvalue weighted by Gasteiger charge is 2.14. The topological polar surface area (TPSA) is 79.1 Å². The summed E-state index contributed by atoms with van der Waals surface area (Å²) in [6.07, 6.45) is 1.96. The van der Waals surface area contributed by atoms with Crippen LogP contribution in [0.15, 0.2) is 47.3 Å². The highest BCUT2D eigenvalue weighted by molar-refractivity contribution is 5.90. The number of carbonyl (C=O) groups is 1. The number of fused-ring (bicyclic) bond motifs is 1. The quantitative estimate of drug-likeness (QED) is 0.428. The summed E-state index contributed by atoms with van der Waals surface area (Å²) >= 11 is 0. The molecule has 0 saturated carbocycles. The molecule has 1 aromatic carbocycles. The number of methoxy groups -OCH3 is 1. The van der Waals surface area contributed by atoms with Gasteiger partial charge in [0.1, 0.15) is 12.3 Å². The van der Waals surface area contributed by atoms with Crippen molar-refractivity contribution in [1.82, 2.24) is 9.38 Å². The number of unbranched alkanes of at least 4 members (excludes halogenated alkanes) is 1. The van der Waals surface area contributed by atoms with E-state index in [9.17, 15) is 9.59 Å². The Bertz CT molecular complexity index is 1070. The molecular formula is C22H24N2O5. The number of aryl methyl sites for hydroxylation is 1. The number of aromatic nitrogens is 2. The van der Waals surface area contributed by atoms with Crippen molar-refractivity contribution in [3.63, 3.8) is 0 Å². The van der Waals surface area contributed by atoms with Crippen molar-refractivity contribution in [3.05, 3.63) is 69.8 Å². The maximum Gasteiger partial charge on any atom is 0.338 e. The van der Waals surface area contributed by atoms with Gasteiger partial charge in [0, 0.05) is 11.8 Å².